The van der Waals surface area contributed by atoms with Gasteiger partial charge in [-0.05, 0) is 38.5 Å². The minimum absolute atomic E-state index is 0.194. The number of nitrogens with zero attached hydrogens (tertiary/aromatic N) is 1. The summed E-state index contributed by atoms with van der Waals surface area (Å²) in [4.78, 5) is 14.3. The molecule has 0 heterocycles. The molecule has 0 unspecified atom stereocenters. The Morgan fingerprint density at radius 2 is 1.79 bits per heavy atom. The lowest BCUT2D eigenvalue weighted by Gasteiger charge is -2.28. The van der Waals surface area contributed by atoms with E-state index in [1.165, 1.54) is 32.1 Å². The van der Waals surface area contributed by atoms with Crippen molar-refractivity contribution in [3.63, 3.8) is 0 Å². The summed E-state index contributed by atoms with van der Waals surface area (Å²) >= 11 is 0. The third-order valence-corrected chi connectivity index (χ3v) is 3.99. The average molecular weight is 268 g/mol. The molecule has 3 heteroatoms. The van der Waals surface area contributed by atoms with Crippen LogP contribution < -0.4 is 5.32 Å². The molecular weight excluding hydrogens is 236 g/mol. The Hall–Kier alpha value is -0.570. The molecule has 3 nitrogen and oxygen atoms in total. The predicted molar refractivity (Wildman–Crippen MR) is 81.1 cm³/mol. The molecule has 1 amide bonds. The molecule has 0 atom stereocenters. The van der Waals surface area contributed by atoms with Crippen LogP contribution in [0.3, 0.4) is 0 Å². The molecule has 1 saturated carbocycles. The number of hydrogen-bond acceptors (Lipinski definition) is 2. The van der Waals surface area contributed by atoms with Gasteiger partial charge in [0.15, 0.2) is 0 Å². The van der Waals surface area contributed by atoms with Gasteiger partial charge in [0, 0.05) is 19.1 Å². The average Bonchev–Trinajstić information content (AvgIpc) is 2.36. The molecule has 0 saturated heterocycles. The molecule has 1 rings (SSSR count). The fourth-order valence-corrected chi connectivity index (χ4v) is 2.82. The maximum atomic E-state index is 12.0. The second-order valence-electron chi connectivity index (χ2n) is 6.73. The van der Waals surface area contributed by atoms with Crippen molar-refractivity contribution in [2.75, 3.05) is 19.6 Å². The number of nitrogens with one attached hydrogen (secondary N) is 1. The lowest BCUT2D eigenvalue weighted by atomic mass is 9.89. The molecule has 1 aliphatic carbocycles. The molecule has 0 spiro atoms. The summed E-state index contributed by atoms with van der Waals surface area (Å²) in [5.41, 5.74) is 0. The standard InChI is InChI=1S/C16H32N2O/c1-13(2)11-18(14(3)4)12-16(19)17-10-15-8-6-5-7-9-15/h13-15H,5-12H2,1-4H3,(H,17,19). The van der Waals surface area contributed by atoms with Gasteiger partial charge in [-0.1, -0.05) is 33.1 Å². The molecule has 1 fully saturated rings. The number of amides is 1. The molecule has 0 aromatic carbocycles. The smallest absolute Gasteiger partial charge is 0.234 e. The van der Waals surface area contributed by atoms with E-state index in [1.54, 1.807) is 0 Å². The topological polar surface area (TPSA) is 32.3 Å². The Bertz CT molecular complexity index is 257. The van der Waals surface area contributed by atoms with Gasteiger partial charge in [-0.25, -0.2) is 0 Å². The first-order chi connectivity index (χ1) is 8.99. The molecule has 1 aliphatic rings. The van der Waals surface area contributed by atoms with Gasteiger partial charge in [0.25, 0.3) is 0 Å². The fourth-order valence-electron chi connectivity index (χ4n) is 2.82. The van der Waals surface area contributed by atoms with Crippen LogP contribution in [0.4, 0.5) is 0 Å². The lowest BCUT2D eigenvalue weighted by molar-refractivity contribution is -0.123. The van der Waals surface area contributed by atoms with Crippen LogP contribution in [-0.4, -0.2) is 36.5 Å². The first-order valence-corrected chi connectivity index (χ1v) is 7.99. The van der Waals surface area contributed by atoms with Crippen LogP contribution in [0, 0.1) is 11.8 Å². The van der Waals surface area contributed by atoms with Crippen molar-refractivity contribution in [2.24, 2.45) is 11.8 Å². The highest BCUT2D eigenvalue weighted by atomic mass is 16.2. The van der Waals surface area contributed by atoms with Gasteiger partial charge >= 0.3 is 0 Å². The summed E-state index contributed by atoms with van der Waals surface area (Å²) in [6.07, 6.45) is 6.64. The van der Waals surface area contributed by atoms with Gasteiger partial charge < -0.3 is 5.32 Å². The van der Waals surface area contributed by atoms with E-state index in [0.717, 1.165) is 19.0 Å². The summed E-state index contributed by atoms with van der Waals surface area (Å²) < 4.78 is 0. The van der Waals surface area contributed by atoms with E-state index in [1.807, 2.05) is 0 Å². The van der Waals surface area contributed by atoms with Gasteiger partial charge in [0.05, 0.1) is 6.54 Å². The molecule has 1 N–H and O–H groups in total. The van der Waals surface area contributed by atoms with Crippen LogP contribution >= 0.6 is 0 Å². The lowest BCUT2D eigenvalue weighted by Crippen LogP contribution is -2.43. The van der Waals surface area contributed by atoms with E-state index in [-0.39, 0.29) is 5.91 Å². The zero-order valence-corrected chi connectivity index (χ0v) is 13.2. The summed E-state index contributed by atoms with van der Waals surface area (Å²) in [5.74, 6) is 1.52. The quantitative estimate of drug-likeness (QED) is 0.769. The minimum atomic E-state index is 0.194. The molecule has 0 aromatic rings. The van der Waals surface area contributed by atoms with Gasteiger partial charge in [0.2, 0.25) is 5.91 Å². The molecule has 0 bridgehead atoms. The summed E-state index contributed by atoms with van der Waals surface area (Å²) in [6.45, 7) is 11.2. The Balaban J connectivity index is 2.27. The van der Waals surface area contributed by atoms with Gasteiger partial charge in [-0.15, -0.1) is 0 Å². The van der Waals surface area contributed by atoms with Crippen LogP contribution in [0.15, 0.2) is 0 Å². The number of carbonyl (C=O) groups is 1. The van der Waals surface area contributed by atoms with Crippen LogP contribution in [0.25, 0.3) is 0 Å². The zero-order valence-electron chi connectivity index (χ0n) is 13.2. The normalized spacial score (nSPS) is 17.4. The number of rotatable bonds is 7. The van der Waals surface area contributed by atoms with Crippen molar-refractivity contribution in [3.8, 4) is 0 Å². The van der Waals surface area contributed by atoms with Crippen molar-refractivity contribution in [1.29, 1.82) is 0 Å². The third kappa shape index (κ3) is 6.95. The van der Waals surface area contributed by atoms with E-state index >= 15 is 0 Å². The highest BCUT2D eigenvalue weighted by Gasteiger charge is 2.17. The maximum absolute atomic E-state index is 12.0. The second kappa shape index (κ2) is 8.57. The van der Waals surface area contributed by atoms with Gasteiger partial charge in [-0.3, -0.25) is 9.69 Å². The van der Waals surface area contributed by atoms with Crippen molar-refractivity contribution in [2.45, 2.75) is 65.8 Å². The number of hydrogen-bond donors (Lipinski definition) is 1. The Labute approximate surface area is 119 Å². The first-order valence-electron chi connectivity index (χ1n) is 7.99. The molecule has 0 aromatic heterocycles. The van der Waals surface area contributed by atoms with E-state index in [9.17, 15) is 4.79 Å². The highest BCUT2D eigenvalue weighted by Crippen LogP contribution is 2.22. The highest BCUT2D eigenvalue weighted by molar-refractivity contribution is 5.78. The van der Waals surface area contributed by atoms with E-state index in [0.29, 0.717) is 18.5 Å². The molecule has 0 radical (unpaired) electrons. The van der Waals surface area contributed by atoms with Crippen molar-refractivity contribution in [3.05, 3.63) is 0 Å². The van der Waals surface area contributed by atoms with Crippen LogP contribution in [0.2, 0.25) is 0 Å². The maximum Gasteiger partial charge on any atom is 0.234 e. The molecule has 19 heavy (non-hydrogen) atoms. The monoisotopic (exact) mass is 268 g/mol. The van der Waals surface area contributed by atoms with Gasteiger partial charge in [0.1, 0.15) is 0 Å². The van der Waals surface area contributed by atoms with E-state index < -0.39 is 0 Å². The minimum Gasteiger partial charge on any atom is -0.355 e. The largest absolute Gasteiger partial charge is 0.355 e. The van der Waals surface area contributed by atoms with Crippen molar-refractivity contribution >= 4 is 5.91 Å². The Morgan fingerprint density at radius 3 is 2.32 bits per heavy atom. The summed E-state index contributed by atoms with van der Waals surface area (Å²) in [5, 5.41) is 3.13. The van der Waals surface area contributed by atoms with Crippen LogP contribution in [0.1, 0.15) is 59.8 Å². The van der Waals surface area contributed by atoms with E-state index in [4.69, 9.17) is 0 Å². The fraction of sp³-hybridized carbons (Fsp3) is 0.938. The van der Waals surface area contributed by atoms with Crippen molar-refractivity contribution < 1.29 is 4.79 Å². The SMILES string of the molecule is CC(C)CN(CC(=O)NCC1CCCCC1)C(C)C. The molecule has 0 aliphatic heterocycles. The predicted octanol–water partition coefficient (Wildman–Crippen LogP) is 3.05. The third-order valence-electron chi connectivity index (χ3n) is 3.99. The van der Waals surface area contributed by atoms with Gasteiger partial charge in [-0.2, -0.15) is 0 Å². The zero-order chi connectivity index (χ0) is 14.3. The van der Waals surface area contributed by atoms with E-state index in [2.05, 4.69) is 37.9 Å². The Kier molecular flexibility index (Phi) is 7.44. The molecular formula is C16H32N2O. The first kappa shape index (κ1) is 16.5. The molecule has 112 valence electrons. The van der Waals surface area contributed by atoms with Crippen LogP contribution in [-0.2, 0) is 4.79 Å². The summed E-state index contributed by atoms with van der Waals surface area (Å²) in [7, 11) is 0. The van der Waals surface area contributed by atoms with Crippen LogP contribution in [0.5, 0.6) is 0 Å². The Morgan fingerprint density at radius 1 is 1.16 bits per heavy atom. The second-order valence-corrected chi connectivity index (χ2v) is 6.73. The summed E-state index contributed by atoms with van der Waals surface area (Å²) in [6, 6.07) is 0.433. The number of carbonyl (C=O) groups excluding carboxylic acids is 1. The van der Waals surface area contributed by atoms with Crippen molar-refractivity contribution in [1.82, 2.24) is 10.2 Å².